The molecule has 0 atom stereocenters. The molecule has 5 nitrogen and oxygen atoms in total. The van der Waals surface area contributed by atoms with Crippen LogP contribution >= 0.6 is 23.1 Å². The van der Waals surface area contributed by atoms with E-state index in [2.05, 4.69) is 9.97 Å². The molecule has 0 aromatic carbocycles. The van der Waals surface area contributed by atoms with Crippen molar-refractivity contribution >= 4 is 33.3 Å². The molecule has 0 unspecified atom stereocenters. The Morgan fingerprint density at radius 1 is 1.56 bits per heavy atom. The second kappa shape index (κ2) is 6.33. The number of fused-ring (bicyclic) bond motifs is 1. The summed E-state index contributed by atoms with van der Waals surface area (Å²) >= 11 is 3.02. The van der Waals surface area contributed by atoms with Crippen molar-refractivity contribution in [3.63, 3.8) is 0 Å². The lowest BCUT2D eigenvalue weighted by Crippen LogP contribution is -2.11. The van der Waals surface area contributed by atoms with Crippen LogP contribution in [0.25, 0.3) is 10.2 Å². The number of ether oxygens (including phenoxy) is 1. The minimum absolute atomic E-state index is 0.0743. The van der Waals surface area contributed by atoms with Crippen LogP contribution in [0.4, 0.5) is 0 Å². The highest BCUT2D eigenvalue weighted by atomic mass is 32.2. The lowest BCUT2D eigenvalue weighted by Gasteiger charge is -2.02. The van der Waals surface area contributed by atoms with Crippen LogP contribution < -0.4 is 11.3 Å². The summed E-state index contributed by atoms with van der Waals surface area (Å²) in [7, 11) is 0. The van der Waals surface area contributed by atoms with E-state index in [0.29, 0.717) is 30.3 Å². The van der Waals surface area contributed by atoms with Gasteiger partial charge in [-0.15, -0.1) is 11.3 Å². The molecule has 0 amide bonds. The Labute approximate surface area is 113 Å². The van der Waals surface area contributed by atoms with Crippen molar-refractivity contribution < 1.29 is 4.74 Å². The van der Waals surface area contributed by atoms with E-state index < -0.39 is 0 Å². The highest BCUT2D eigenvalue weighted by molar-refractivity contribution is 7.99. The molecule has 2 aromatic rings. The average Bonchev–Trinajstić information content (AvgIpc) is 2.70. The molecule has 98 valence electrons. The minimum Gasteiger partial charge on any atom is -0.379 e. The third-order valence-corrected chi connectivity index (χ3v) is 4.01. The van der Waals surface area contributed by atoms with Crippen molar-refractivity contribution in [3.05, 3.63) is 21.3 Å². The third kappa shape index (κ3) is 3.32. The van der Waals surface area contributed by atoms with Crippen molar-refractivity contribution in [2.45, 2.75) is 12.1 Å². The molecule has 2 aromatic heterocycles. The summed E-state index contributed by atoms with van der Waals surface area (Å²) in [5.41, 5.74) is 5.24. The molecule has 3 N–H and O–H groups in total. The van der Waals surface area contributed by atoms with Gasteiger partial charge in [-0.3, -0.25) is 4.79 Å². The fourth-order valence-corrected chi connectivity index (χ4v) is 3.14. The smallest absolute Gasteiger partial charge is 0.260 e. The van der Waals surface area contributed by atoms with Gasteiger partial charge < -0.3 is 15.5 Å². The molecule has 0 saturated carbocycles. The van der Waals surface area contributed by atoms with Gasteiger partial charge >= 0.3 is 0 Å². The van der Waals surface area contributed by atoms with E-state index in [1.807, 2.05) is 13.0 Å². The Morgan fingerprint density at radius 2 is 2.39 bits per heavy atom. The molecule has 18 heavy (non-hydrogen) atoms. The molecular formula is C11H15N3O2S2. The fraction of sp³-hybridized carbons (Fsp3) is 0.455. The van der Waals surface area contributed by atoms with Gasteiger partial charge in [0.05, 0.1) is 18.6 Å². The molecule has 0 aliphatic rings. The number of nitrogens with one attached hydrogen (secondary N) is 1. The van der Waals surface area contributed by atoms with E-state index in [-0.39, 0.29) is 5.56 Å². The Kier molecular flexibility index (Phi) is 4.76. The first kappa shape index (κ1) is 13.5. The number of nitrogens with zero attached hydrogens (tertiary/aromatic N) is 1. The van der Waals surface area contributed by atoms with Gasteiger partial charge in [0.15, 0.2) is 5.16 Å². The average molecular weight is 285 g/mol. The molecule has 7 heteroatoms. The summed E-state index contributed by atoms with van der Waals surface area (Å²) in [6.07, 6.45) is 0. The van der Waals surface area contributed by atoms with Crippen molar-refractivity contribution in [2.75, 3.05) is 25.5 Å². The molecule has 0 aliphatic heterocycles. The van der Waals surface area contributed by atoms with E-state index in [1.54, 1.807) is 0 Å². The lowest BCUT2D eigenvalue weighted by atomic mass is 10.4. The van der Waals surface area contributed by atoms with Crippen molar-refractivity contribution in [2.24, 2.45) is 5.73 Å². The van der Waals surface area contributed by atoms with Crippen LogP contribution in [0.3, 0.4) is 0 Å². The number of rotatable bonds is 6. The SMILES string of the molecule is Cc1cc2c(=O)[nH]c(SCCOCCN)nc2s1. The summed E-state index contributed by atoms with van der Waals surface area (Å²) in [4.78, 5) is 20.9. The lowest BCUT2D eigenvalue weighted by molar-refractivity contribution is 0.158. The van der Waals surface area contributed by atoms with Crippen LogP contribution in [-0.2, 0) is 4.74 Å². The van der Waals surface area contributed by atoms with E-state index >= 15 is 0 Å². The predicted molar refractivity (Wildman–Crippen MR) is 75.6 cm³/mol. The molecule has 2 heterocycles. The monoisotopic (exact) mass is 285 g/mol. The van der Waals surface area contributed by atoms with E-state index in [0.717, 1.165) is 15.5 Å². The predicted octanol–water partition coefficient (Wildman–Crippen LogP) is 1.36. The molecule has 0 fully saturated rings. The second-order valence-electron chi connectivity index (χ2n) is 3.70. The normalized spacial score (nSPS) is 11.2. The summed E-state index contributed by atoms with van der Waals surface area (Å²) in [5.74, 6) is 0.749. The van der Waals surface area contributed by atoms with Crippen LogP contribution in [0.1, 0.15) is 4.88 Å². The fourth-order valence-electron chi connectivity index (χ4n) is 1.48. The maximum Gasteiger partial charge on any atom is 0.260 e. The topological polar surface area (TPSA) is 81.0 Å². The van der Waals surface area contributed by atoms with Crippen molar-refractivity contribution in [3.8, 4) is 0 Å². The zero-order valence-corrected chi connectivity index (χ0v) is 11.7. The number of thiophene rings is 1. The van der Waals surface area contributed by atoms with E-state index in [9.17, 15) is 4.79 Å². The van der Waals surface area contributed by atoms with Gasteiger partial charge in [-0.2, -0.15) is 0 Å². The van der Waals surface area contributed by atoms with Crippen LogP contribution in [0.5, 0.6) is 0 Å². The van der Waals surface area contributed by atoms with Crippen molar-refractivity contribution in [1.29, 1.82) is 0 Å². The van der Waals surface area contributed by atoms with Gasteiger partial charge in [0.1, 0.15) is 4.83 Å². The number of hydrogen-bond acceptors (Lipinski definition) is 6. The minimum atomic E-state index is -0.0743. The molecule has 2 rings (SSSR count). The summed E-state index contributed by atoms with van der Waals surface area (Å²) in [6.45, 7) is 3.67. The summed E-state index contributed by atoms with van der Waals surface area (Å²) < 4.78 is 5.26. The van der Waals surface area contributed by atoms with E-state index in [4.69, 9.17) is 10.5 Å². The number of nitrogens with two attached hydrogens (primary N) is 1. The number of H-pyrrole nitrogens is 1. The van der Waals surface area contributed by atoms with Crippen LogP contribution in [0, 0.1) is 6.92 Å². The molecule has 0 bridgehead atoms. The van der Waals surface area contributed by atoms with Crippen molar-refractivity contribution in [1.82, 2.24) is 9.97 Å². The number of thioether (sulfide) groups is 1. The van der Waals surface area contributed by atoms with Gasteiger partial charge in [-0.25, -0.2) is 4.98 Å². The quantitative estimate of drug-likeness (QED) is 0.476. The van der Waals surface area contributed by atoms with Gasteiger partial charge in [-0.05, 0) is 13.0 Å². The Bertz CT molecular complexity index is 579. The van der Waals surface area contributed by atoms with Gasteiger partial charge in [0, 0.05) is 17.2 Å². The Hall–Kier alpha value is -0.890. The van der Waals surface area contributed by atoms with Gasteiger partial charge in [0.2, 0.25) is 0 Å². The first-order valence-corrected chi connectivity index (χ1v) is 7.42. The Balaban J connectivity index is 2.03. The summed E-state index contributed by atoms with van der Waals surface area (Å²) in [6, 6.07) is 1.87. The summed E-state index contributed by atoms with van der Waals surface area (Å²) in [5, 5.41) is 1.31. The molecule has 0 radical (unpaired) electrons. The second-order valence-corrected chi connectivity index (χ2v) is 6.01. The zero-order valence-electron chi connectivity index (χ0n) is 10.1. The largest absolute Gasteiger partial charge is 0.379 e. The van der Waals surface area contributed by atoms with Crippen LogP contribution in [0.15, 0.2) is 16.0 Å². The maximum atomic E-state index is 11.8. The van der Waals surface area contributed by atoms with Crippen LogP contribution in [0.2, 0.25) is 0 Å². The zero-order chi connectivity index (χ0) is 13.0. The highest BCUT2D eigenvalue weighted by Gasteiger charge is 2.07. The maximum absolute atomic E-state index is 11.8. The highest BCUT2D eigenvalue weighted by Crippen LogP contribution is 2.22. The van der Waals surface area contributed by atoms with Gasteiger partial charge in [0.25, 0.3) is 5.56 Å². The van der Waals surface area contributed by atoms with Crippen LogP contribution in [-0.4, -0.2) is 35.5 Å². The first-order chi connectivity index (χ1) is 8.70. The molecule has 0 aliphatic carbocycles. The molecule has 0 spiro atoms. The molecule has 0 saturated heterocycles. The van der Waals surface area contributed by atoms with Gasteiger partial charge in [-0.1, -0.05) is 11.8 Å². The standard InChI is InChI=1S/C11H15N3O2S2/c1-7-6-8-9(15)13-11(14-10(8)18-7)17-5-4-16-3-2-12/h6H,2-5,12H2,1H3,(H,13,14,15). The molecular weight excluding hydrogens is 270 g/mol. The first-order valence-electron chi connectivity index (χ1n) is 5.62. The van der Waals surface area contributed by atoms with E-state index in [1.165, 1.54) is 23.1 Å². The number of aromatic nitrogens is 2. The number of aryl methyl sites for hydroxylation is 1. The number of hydrogen-bond donors (Lipinski definition) is 2. The number of aromatic amines is 1. The third-order valence-electron chi connectivity index (χ3n) is 2.23. The Morgan fingerprint density at radius 3 is 3.17 bits per heavy atom.